The Morgan fingerprint density at radius 2 is 2.14 bits per heavy atom. The number of nitrogen functional groups attached to an aromatic ring is 1. The summed E-state index contributed by atoms with van der Waals surface area (Å²) in [6, 6.07) is 11.1. The zero-order valence-corrected chi connectivity index (χ0v) is 19.8. The number of carbonyl (C=O) groups is 1. The Morgan fingerprint density at radius 3 is 2.79 bits per heavy atom. The lowest BCUT2D eigenvalue weighted by molar-refractivity contribution is 0.0600. The number of anilines is 1. The maximum absolute atomic E-state index is 11.7. The molecule has 2 aromatic rings. The van der Waals surface area contributed by atoms with Crippen molar-refractivity contribution >= 4 is 60.6 Å². The van der Waals surface area contributed by atoms with Gasteiger partial charge in [-0.1, -0.05) is 29.8 Å². The summed E-state index contributed by atoms with van der Waals surface area (Å²) in [6.07, 6.45) is 5.18. The second-order valence-corrected chi connectivity index (χ2v) is 9.38. The zero-order valence-electron chi connectivity index (χ0n) is 15.4. The molecule has 2 N–H and O–H groups in total. The smallest absolute Gasteiger partial charge is 0.337 e. The number of allylic oxidation sites excluding steroid dienone is 4. The molecule has 142 valence electrons. The summed E-state index contributed by atoms with van der Waals surface area (Å²) in [7, 11) is 2.32. The van der Waals surface area contributed by atoms with Gasteiger partial charge in [0.25, 0.3) is 0 Å². The maximum Gasteiger partial charge on any atom is 0.337 e. The Kier molecular flexibility index (Phi) is 6.09. The van der Waals surface area contributed by atoms with E-state index in [1.54, 1.807) is 12.1 Å². The summed E-state index contributed by atoms with van der Waals surface area (Å²) in [6.45, 7) is 0. The van der Waals surface area contributed by atoms with Crippen LogP contribution in [0, 0.1) is 11.3 Å². The second-order valence-electron chi connectivity index (χ2n) is 6.70. The van der Waals surface area contributed by atoms with Crippen molar-refractivity contribution in [3.05, 3.63) is 74.2 Å². The summed E-state index contributed by atoms with van der Waals surface area (Å²) in [5.41, 5.74) is 11.9. The van der Waals surface area contributed by atoms with Crippen LogP contribution >= 0.6 is 27.5 Å². The van der Waals surface area contributed by atoms with Crippen LogP contribution in [0.5, 0.6) is 0 Å². The molecule has 0 aliphatic heterocycles. The van der Waals surface area contributed by atoms with Crippen molar-refractivity contribution < 1.29 is 9.53 Å². The molecule has 0 bridgehead atoms. The Hall–Kier alpha value is -2.33. The molecule has 3 rings (SSSR count). The molecule has 4 nitrogen and oxygen atoms in total. The Labute approximate surface area is 180 Å². The number of halogens is 2. The van der Waals surface area contributed by atoms with Gasteiger partial charge in [0.05, 0.1) is 22.7 Å². The lowest BCUT2D eigenvalue weighted by Crippen LogP contribution is -2.03. The topological polar surface area (TPSA) is 76.1 Å². The first kappa shape index (κ1) is 20.4. The third kappa shape index (κ3) is 4.07. The standard InChI is InChI=1S/C21H18BrClN2O2Si/c1-27-21(26)11-2-3-17(18(23)8-11)14-4-12(6-16(28)7-14)13-5-15(10-24)20(22)19(25)9-13/h2-5,7-9,16H,6,25H2,1,28H3. The number of esters is 1. The molecule has 0 fully saturated rings. The van der Waals surface area contributed by atoms with Gasteiger partial charge < -0.3 is 10.5 Å². The monoisotopic (exact) mass is 472 g/mol. The van der Waals surface area contributed by atoms with Crippen LogP contribution in [0.15, 0.2) is 47.0 Å². The van der Waals surface area contributed by atoms with Crippen LogP contribution in [0.1, 0.15) is 33.5 Å². The number of methoxy groups -OCH3 is 1. The van der Waals surface area contributed by atoms with Crippen molar-refractivity contribution in [3.8, 4) is 6.07 Å². The van der Waals surface area contributed by atoms with Gasteiger partial charge in [0, 0.05) is 26.5 Å². The lowest BCUT2D eigenvalue weighted by atomic mass is 9.89. The van der Waals surface area contributed by atoms with Gasteiger partial charge in [-0.05, 0) is 68.9 Å². The van der Waals surface area contributed by atoms with Crippen LogP contribution in [-0.4, -0.2) is 23.3 Å². The van der Waals surface area contributed by atoms with E-state index in [1.165, 1.54) is 7.11 Å². The molecule has 1 aliphatic carbocycles. The van der Waals surface area contributed by atoms with Crippen molar-refractivity contribution in [1.29, 1.82) is 5.26 Å². The van der Waals surface area contributed by atoms with Crippen LogP contribution in [0.3, 0.4) is 0 Å². The minimum atomic E-state index is -0.419. The molecule has 2 aromatic carbocycles. The molecule has 1 atom stereocenters. The third-order valence-electron chi connectivity index (χ3n) is 4.63. The fourth-order valence-electron chi connectivity index (χ4n) is 3.28. The fourth-order valence-corrected chi connectivity index (χ4v) is 4.69. The van der Waals surface area contributed by atoms with Gasteiger partial charge in [-0.25, -0.2) is 4.79 Å². The highest BCUT2D eigenvalue weighted by Crippen LogP contribution is 2.39. The predicted octanol–water partition coefficient (Wildman–Crippen LogP) is 4.37. The van der Waals surface area contributed by atoms with E-state index in [2.05, 4.69) is 34.2 Å². The van der Waals surface area contributed by atoms with Crippen molar-refractivity contribution in [2.75, 3.05) is 12.8 Å². The van der Waals surface area contributed by atoms with E-state index in [0.717, 1.165) is 38.9 Å². The molecule has 0 saturated carbocycles. The van der Waals surface area contributed by atoms with Crippen LogP contribution < -0.4 is 5.73 Å². The number of rotatable bonds is 3. The minimum Gasteiger partial charge on any atom is -0.465 e. The molecule has 0 aromatic heterocycles. The van der Waals surface area contributed by atoms with Crippen LogP contribution in [-0.2, 0) is 4.74 Å². The Bertz CT molecular complexity index is 1070. The normalized spacial score (nSPS) is 16.1. The van der Waals surface area contributed by atoms with Crippen LogP contribution in [0.25, 0.3) is 11.1 Å². The molecule has 7 heteroatoms. The second kappa shape index (κ2) is 8.35. The third-order valence-corrected chi connectivity index (χ3v) is 6.57. The van der Waals surface area contributed by atoms with Gasteiger partial charge in [-0.2, -0.15) is 5.26 Å². The molecule has 0 amide bonds. The summed E-state index contributed by atoms with van der Waals surface area (Å²) < 4.78 is 5.37. The number of benzene rings is 2. The van der Waals surface area contributed by atoms with E-state index in [9.17, 15) is 10.1 Å². The highest BCUT2D eigenvalue weighted by Gasteiger charge is 2.18. The van der Waals surface area contributed by atoms with E-state index in [-0.39, 0.29) is 0 Å². The highest BCUT2D eigenvalue weighted by molar-refractivity contribution is 9.10. The van der Waals surface area contributed by atoms with E-state index < -0.39 is 5.97 Å². The first-order chi connectivity index (χ1) is 13.3. The van der Waals surface area contributed by atoms with Gasteiger partial charge in [-0.3, -0.25) is 0 Å². The maximum atomic E-state index is 11.7. The summed E-state index contributed by atoms with van der Waals surface area (Å²) in [5, 5.41) is 9.85. The molecular weight excluding hydrogens is 456 g/mol. The molecule has 0 spiro atoms. The summed E-state index contributed by atoms with van der Waals surface area (Å²) in [4.78, 5) is 11.7. The minimum absolute atomic E-state index is 0.415. The van der Waals surface area contributed by atoms with Crippen molar-refractivity contribution in [2.45, 2.75) is 12.0 Å². The zero-order chi connectivity index (χ0) is 20.4. The summed E-state index contributed by atoms with van der Waals surface area (Å²) in [5.74, 6) is -0.419. The first-order valence-corrected chi connectivity index (χ1v) is 11.0. The number of nitriles is 1. The van der Waals surface area contributed by atoms with Gasteiger partial charge in [0.15, 0.2) is 0 Å². The predicted molar refractivity (Wildman–Crippen MR) is 120 cm³/mol. The molecule has 0 saturated heterocycles. The number of ether oxygens (including phenoxy) is 1. The lowest BCUT2D eigenvalue weighted by Gasteiger charge is -2.21. The van der Waals surface area contributed by atoms with Crippen molar-refractivity contribution in [1.82, 2.24) is 0 Å². The molecule has 0 heterocycles. The average molecular weight is 474 g/mol. The van der Waals surface area contributed by atoms with Gasteiger partial charge in [0.2, 0.25) is 0 Å². The van der Waals surface area contributed by atoms with Crippen LogP contribution in [0.4, 0.5) is 5.69 Å². The number of hydrogen-bond donors (Lipinski definition) is 1. The molecular formula is C21H18BrClN2O2Si. The molecule has 1 aliphatic rings. The average Bonchev–Trinajstić information content (AvgIpc) is 2.68. The van der Waals surface area contributed by atoms with Gasteiger partial charge in [0.1, 0.15) is 6.07 Å². The Morgan fingerprint density at radius 1 is 1.39 bits per heavy atom. The fraction of sp³-hybridized carbons (Fsp3) is 0.143. The van der Waals surface area contributed by atoms with Crippen molar-refractivity contribution in [2.24, 2.45) is 0 Å². The SMILES string of the molecule is COC(=O)c1ccc(C2=CC([SiH3])CC(c3cc(N)c(Br)c(C#N)c3)=C2)c(Cl)c1. The van der Waals surface area contributed by atoms with E-state index in [4.69, 9.17) is 22.1 Å². The summed E-state index contributed by atoms with van der Waals surface area (Å²) >= 11 is 9.83. The molecule has 1 unspecified atom stereocenters. The highest BCUT2D eigenvalue weighted by atomic mass is 79.9. The van der Waals surface area contributed by atoms with E-state index in [0.29, 0.717) is 31.9 Å². The number of nitrogens with zero attached hydrogens (tertiary/aromatic N) is 1. The van der Waals surface area contributed by atoms with Gasteiger partial charge >= 0.3 is 5.97 Å². The Balaban J connectivity index is 2.05. The largest absolute Gasteiger partial charge is 0.465 e. The number of carbonyl (C=O) groups excluding carboxylic acids is 1. The van der Waals surface area contributed by atoms with E-state index in [1.807, 2.05) is 18.2 Å². The molecule has 0 radical (unpaired) electrons. The molecule has 28 heavy (non-hydrogen) atoms. The van der Waals surface area contributed by atoms with E-state index >= 15 is 0 Å². The number of hydrogen-bond acceptors (Lipinski definition) is 4. The van der Waals surface area contributed by atoms with Crippen molar-refractivity contribution in [3.63, 3.8) is 0 Å². The number of nitrogens with two attached hydrogens (primary N) is 1. The first-order valence-electron chi connectivity index (χ1n) is 8.64. The quantitative estimate of drug-likeness (QED) is 0.408. The van der Waals surface area contributed by atoms with Crippen LogP contribution in [0.2, 0.25) is 10.6 Å². The van der Waals surface area contributed by atoms with Gasteiger partial charge in [-0.15, -0.1) is 0 Å².